The number of ether oxygens (including phenoxy) is 1. The number of anilines is 1. The number of hydrogen-bond donors (Lipinski definition) is 1. The third-order valence-corrected chi connectivity index (χ3v) is 6.59. The van der Waals surface area contributed by atoms with Gasteiger partial charge in [0.1, 0.15) is 5.75 Å². The molecule has 2 aromatic rings. The second kappa shape index (κ2) is 9.57. The van der Waals surface area contributed by atoms with Crippen LogP contribution in [0.1, 0.15) is 18.4 Å². The van der Waals surface area contributed by atoms with Crippen LogP contribution in [0.5, 0.6) is 5.75 Å². The summed E-state index contributed by atoms with van der Waals surface area (Å²) in [6.07, 6.45) is -5.11. The number of hydrogen-bond acceptors (Lipinski definition) is 6. The molecule has 1 saturated heterocycles. The average Bonchev–Trinajstić information content (AvgIpc) is 2.78. The number of nitrogens with one attached hydrogen (secondary N) is 1. The summed E-state index contributed by atoms with van der Waals surface area (Å²) in [5.41, 5.74) is -0.0996. The molecule has 0 aromatic heterocycles. The van der Waals surface area contributed by atoms with E-state index in [4.69, 9.17) is 9.57 Å². The summed E-state index contributed by atoms with van der Waals surface area (Å²) in [7, 11) is -2.58. The van der Waals surface area contributed by atoms with E-state index in [0.29, 0.717) is 23.2 Å². The monoisotopic (exact) mass is 471 g/mol. The molecule has 1 fully saturated rings. The van der Waals surface area contributed by atoms with Gasteiger partial charge >= 0.3 is 12.3 Å². The van der Waals surface area contributed by atoms with Crippen molar-refractivity contribution in [2.45, 2.75) is 23.9 Å². The Morgan fingerprint density at radius 1 is 1.09 bits per heavy atom. The fourth-order valence-corrected chi connectivity index (χ4v) is 4.47. The molecule has 1 aliphatic rings. The highest BCUT2D eigenvalue weighted by Crippen LogP contribution is 2.31. The van der Waals surface area contributed by atoms with Gasteiger partial charge in [0.25, 0.3) is 0 Å². The van der Waals surface area contributed by atoms with Crippen LogP contribution in [0.4, 0.5) is 23.7 Å². The van der Waals surface area contributed by atoms with E-state index in [1.807, 2.05) is 0 Å². The fourth-order valence-electron chi connectivity index (χ4n) is 2.98. The van der Waals surface area contributed by atoms with Crippen LogP contribution in [0, 0.1) is 0 Å². The Labute approximate surface area is 182 Å². The first kappa shape index (κ1) is 23.5. The van der Waals surface area contributed by atoms with E-state index in [1.54, 1.807) is 24.3 Å². The Morgan fingerprint density at radius 2 is 1.75 bits per heavy atom. The van der Waals surface area contributed by atoms with Crippen LogP contribution in [0.15, 0.2) is 58.6 Å². The Bertz CT molecular complexity index is 1090. The number of amides is 1. The number of methoxy groups -OCH3 is 1. The molecule has 0 spiro atoms. The van der Waals surface area contributed by atoms with E-state index >= 15 is 0 Å². The maximum atomic E-state index is 12.9. The zero-order valence-corrected chi connectivity index (χ0v) is 17.7. The van der Waals surface area contributed by atoms with Crippen molar-refractivity contribution in [1.82, 2.24) is 4.31 Å². The topological polar surface area (TPSA) is 97.3 Å². The van der Waals surface area contributed by atoms with Crippen molar-refractivity contribution in [3.63, 3.8) is 0 Å². The Morgan fingerprint density at radius 3 is 2.34 bits per heavy atom. The van der Waals surface area contributed by atoms with Gasteiger partial charge in [-0.2, -0.15) is 17.5 Å². The number of carbonyl (C=O) groups is 1. The van der Waals surface area contributed by atoms with Crippen LogP contribution in [0.25, 0.3) is 0 Å². The number of carbonyl (C=O) groups excluding carboxylic acids is 1. The molecule has 0 unspecified atom stereocenters. The molecule has 1 N–H and O–H groups in total. The van der Waals surface area contributed by atoms with Crippen molar-refractivity contribution in [2.75, 3.05) is 25.5 Å². The molecule has 32 heavy (non-hydrogen) atoms. The lowest BCUT2D eigenvalue weighted by Gasteiger charge is -2.26. The van der Waals surface area contributed by atoms with Crippen LogP contribution in [-0.2, 0) is 21.0 Å². The first-order chi connectivity index (χ1) is 15.1. The van der Waals surface area contributed by atoms with Gasteiger partial charge in [0.15, 0.2) is 0 Å². The first-order valence-corrected chi connectivity index (χ1v) is 10.9. The van der Waals surface area contributed by atoms with Gasteiger partial charge in [-0.3, -0.25) is 10.2 Å². The molecule has 8 nitrogen and oxygen atoms in total. The molecule has 12 heteroatoms. The van der Waals surface area contributed by atoms with Crippen molar-refractivity contribution in [1.29, 1.82) is 0 Å². The fraction of sp³-hybridized carbons (Fsp3) is 0.300. The third kappa shape index (κ3) is 5.77. The lowest BCUT2D eigenvalue weighted by molar-refractivity contribution is -0.137. The Hall–Kier alpha value is -3.12. The number of rotatable bonds is 5. The molecule has 0 saturated carbocycles. The van der Waals surface area contributed by atoms with Gasteiger partial charge in [0.05, 0.1) is 23.3 Å². The van der Waals surface area contributed by atoms with Crippen molar-refractivity contribution >= 4 is 27.5 Å². The van der Waals surface area contributed by atoms with Gasteiger partial charge in [0.2, 0.25) is 10.0 Å². The number of piperidine rings is 1. The summed E-state index contributed by atoms with van der Waals surface area (Å²) in [6, 6.07) is 10.2. The lowest BCUT2D eigenvalue weighted by Crippen LogP contribution is -2.38. The molecular formula is C20H20F3N3O5S. The summed E-state index contributed by atoms with van der Waals surface area (Å²) in [5.74, 6) is 0.621. The normalized spacial score (nSPS) is 15.2. The van der Waals surface area contributed by atoms with Crippen LogP contribution in [0.2, 0.25) is 0 Å². The quantitative estimate of drug-likeness (QED) is 0.523. The van der Waals surface area contributed by atoms with Gasteiger partial charge in [-0.25, -0.2) is 13.2 Å². The summed E-state index contributed by atoms with van der Waals surface area (Å²) < 4.78 is 70.2. The highest BCUT2D eigenvalue weighted by molar-refractivity contribution is 7.89. The number of alkyl halides is 3. The van der Waals surface area contributed by atoms with Crippen molar-refractivity contribution in [3.8, 4) is 5.75 Å². The van der Waals surface area contributed by atoms with Gasteiger partial charge in [-0.1, -0.05) is 11.2 Å². The predicted octanol–water partition coefficient (Wildman–Crippen LogP) is 4.10. The molecule has 172 valence electrons. The van der Waals surface area contributed by atoms with Crippen molar-refractivity contribution in [2.24, 2.45) is 5.16 Å². The molecule has 0 bridgehead atoms. The third-order valence-electron chi connectivity index (χ3n) is 4.69. The minimum atomic E-state index is -4.64. The summed E-state index contributed by atoms with van der Waals surface area (Å²) >= 11 is 0. The largest absolute Gasteiger partial charge is 0.497 e. The van der Waals surface area contributed by atoms with Gasteiger partial charge in [-0.05, 0) is 42.5 Å². The van der Waals surface area contributed by atoms with E-state index in [0.717, 1.165) is 22.5 Å². The van der Waals surface area contributed by atoms with E-state index in [9.17, 15) is 26.4 Å². The van der Waals surface area contributed by atoms with E-state index in [1.165, 1.54) is 7.11 Å². The molecule has 0 radical (unpaired) electrons. The highest BCUT2D eigenvalue weighted by Gasteiger charge is 2.33. The van der Waals surface area contributed by atoms with Gasteiger partial charge in [-0.15, -0.1) is 0 Å². The highest BCUT2D eigenvalue weighted by atomic mass is 32.2. The second-order valence-electron chi connectivity index (χ2n) is 6.82. The summed E-state index contributed by atoms with van der Waals surface area (Å²) in [5, 5.41) is 6.24. The van der Waals surface area contributed by atoms with Crippen molar-refractivity contribution in [3.05, 3.63) is 54.1 Å². The van der Waals surface area contributed by atoms with Crippen LogP contribution in [0.3, 0.4) is 0 Å². The SMILES string of the molecule is COc1ccc(NC(=O)ON=C2CCN(S(=O)(=O)c3cccc(C(F)(F)F)c3)CC2)cc1. The van der Waals surface area contributed by atoms with Crippen molar-refractivity contribution < 1.29 is 36.0 Å². The molecule has 1 amide bonds. The number of benzene rings is 2. The zero-order valence-electron chi connectivity index (χ0n) is 16.9. The molecule has 1 heterocycles. The predicted molar refractivity (Wildman–Crippen MR) is 110 cm³/mol. The van der Waals surface area contributed by atoms with E-state index in [2.05, 4.69) is 10.5 Å². The zero-order chi connectivity index (χ0) is 23.4. The summed E-state index contributed by atoms with van der Waals surface area (Å²) in [4.78, 5) is 16.2. The van der Waals surface area contributed by atoms with E-state index < -0.39 is 32.8 Å². The lowest BCUT2D eigenvalue weighted by atomic mass is 10.1. The van der Waals surface area contributed by atoms with Gasteiger partial charge < -0.3 is 4.74 Å². The first-order valence-electron chi connectivity index (χ1n) is 9.45. The number of oxime groups is 1. The minimum Gasteiger partial charge on any atom is -0.497 e. The maximum Gasteiger partial charge on any atom is 0.437 e. The average molecular weight is 471 g/mol. The molecule has 2 aromatic carbocycles. The smallest absolute Gasteiger partial charge is 0.437 e. The Balaban J connectivity index is 1.57. The Kier molecular flexibility index (Phi) is 7.04. The second-order valence-corrected chi connectivity index (χ2v) is 8.76. The van der Waals surface area contributed by atoms with Crippen LogP contribution in [-0.4, -0.2) is 44.7 Å². The minimum absolute atomic E-state index is 0.000864. The molecular weight excluding hydrogens is 451 g/mol. The molecule has 0 atom stereocenters. The number of halogens is 3. The number of sulfonamides is 1. The standard InChI is InChI=1S/C20H20F3N3O5S/c1-30-17-7-5-15(6-8-17)24-19(27)31-25-16-9-11-26(12-10-16)32(28,29)18-4-2-3-14(13-18)20(21,22)23/h2-8,13H,9-12H2,1H3,(H,24,27). The maximum absolute atomic E-state index is 12.9. The van der Waals surface area contributed by atoms with Crippen LogP contribution < -0.4 is 10.1 Å². The number of nitrogens with zero attached hydrogens (tertiary/aromatic N) is 2. The van der Waals surface area contributed by atoms with Crippen LogP contribution >= 0.6 is 0 Å². The molecule has 1 aliphatic heterocycles. The van der Waals surface area contributed by atoms with Gasteiger partial charge in [0, 0.05) is 31.6 Å². The molecule has 0 aliphatic carbocycles. The van der Waals surface area contributed by atoms with E-state index in [-0.39, 0.29) is 25.9 Å². The summed E-state index contributed by atoms with van der Waals surface area (Å²) in [6.45, 7) is 0.00173. The molecule has 3 rings (SSSR count).